The molecule has 2 aromatic rings. The predicted molar refractivity (Wildman–Crippen MR) is 76.4 cm³/mol. The summed E-state index contributed by atoms with van der Waals surface area (Å²) >= 11 is 9.21. The van der Waals surface area contributed by atoms with E-state index in [4.69, 9.17) is 11.6 Å². The van der Waals surface area contributed by atoms with Crippen molar-refractivity contribution in [1.82, 2.24) is 9.55 Å². The molecule has 0 aliphatic heterocycles. The molecule has 0 bridgehead atoms. The van der Waals surface area contributed by atoms with Gasteiger partial charge < -0.3 is 5.11 Å². The van der Waals surface area contributed by atoms with Crippen LogP contribution in [0.2, 0.25) is 5.02 Å². The van der Waals surface area contributed by atoms with Crippen LogP contribution in [0, 0.1) is 0 Å². The first kappa shape index (κ1) is 13.9. The Labute approximate surface area is 121 Å². The van der Waals surface area contributed by atoms with E-state index in [0.717, 1.165) is 4.57 Å². The molecule has 1 aromatic carbocycles. The molecule has 7 heteroatoms. The molecule has 0 unspecified atom stereocenters. The lowest BCUT2D eigenvalue weighted by Gasteiger charge is -2.12. The lowest BCUT2D eigenvalue weighted by atomic mass is 10.2. The van der Waals surface area contributed by atoms with E-state index in [-0.39, 0.29) is 11.4 Å². The van der Waals surface area contributed by atoms with Gasteiger partial charge in [-0.25, -0.2) is 9.36 Å². The second kappa shape index (κ2) is 5.22. The van der Waals surface area contributed by atoms with Gasteiger partial charge in [0.25, 0.3) is 5.56 Å². The van der Waals surface area contributed by atoms with Gasteiger partial charge in [0.2, 0.25) is 5.88 Å². The van der Waals surface area contributed by atoms with Crippen molar-refractivity contribution in [1.29, 1.82) is 0 Å². The van der Waals surface area contributed by atoms with Crippen LogP contribution < -0.4 is 11.2 Å². The minimum absolute atomic E-state index is 0.145. The molecule has 5 nitrogen and oxygen atoms in total. The van der Waals surface area contributed by atoms with Crippen LogP contribution in [0.4, 0.5) is 0 Å². The highest BCUT2D eigenvalue weighted by atomic mass is 79.9. The largest absolute Gasteiger partial charge is 0.494 e. The second-order valence-corrected chi connectivity index (χ2v) is 5.02. The molecule has 2 N–H and O–H groups in total. The molecule has 1 aromatic heterocycles. The molecule has 0 fully saturated rings. The van der Waals surface area contributed by atoms with Crippen molar-refractivity contribution in [3.63, 3.8) is 0 Å². The number of aromatic nitrogens is 2. The number of halogens is 2. The van der Waals surface area contributed by atoms with Crippen molar-refractivity contribution >= 4 is 27.5 Å². The predicted octanol–water partition coefficient (Wildman–Crippen LogP) is 2.21. The molecule has 19 heavy (non-hydrogen) atoms. The van der Waals surface area contributed by atoms with Crippen molar-refractivity contribution < 1.29 is 5.11 Å². The summed E-state index contributed by atoms with van der Waals surface area (Å²) in [5.74, 6) is -0.376. The fourth-order valence-corrected chi connectivity index (χ4v) is 2.38. The van der Waals surface area contributed by atoms with Gasteiger partial charge in [-0.3, -0.25) is 9.78 Å². The first-order chi connectivity index (χ1) is 8.97. The molecule has 0 atom stereocenters. The zero-order chi connectivity index (χ0) is 14.2. The van der Waals surface area contributed by atoms with Crippen molar-refractivity contribution in [2.45, 2.75) is 13.3 Å². The fraction of sp³-hybridized carbons (Fsp3) is 0.167. The molecule has 0 saturated carbocycles. The van der Waals surface area contributed by atoms with E-state index < -0.39 is 11.2 Å². The summed E-state index contributed by atoms with van der Waals surface area (Å²) in [6.45, 7) is 1.71. The molecule has 0 radical (unpaired) electrons. The van der Waals surface area contributed by atoms with Crippen molar-refractivity contribution in [2.75, 3.05) is 0 Å². The first-order valence-electron chi connectivity index (χ1n) is 5.49. The number of rotatable bonds is 2. The Bertz CT molecular complexity index is 752. The van der Waals surface area contributed by atoms with Crippen LogP contribution in [0.3, 0.4) is 0 Å². The third kappa shape index (κ3) is 2.33. The lowest BCUT2D eigenvalue weighted by molar-refractivity contribution is 0.423. The summed E-state index contributed by atoms with van der Waals surface area (Å²) in [5, 5.41) is 10.5. The van der Waals surface area contributed by atoms with Gasteiger partial charge in [0.15, 0.2) is 0 Å². The molecule has 100 valence electrons. The Hall–Kier alpha value is -1.53. The van der Waals surface area contributed by atoms with E-state index >= 15 is 0 Å². The maximum absolute atomic E-state index is 11.9. The Morgan fingerprint density at radius 2 is 2.11 bits per heavy atom. The number of H-pyrrole nitrogens is 1. The maximum atomic E-state index is 11.9. The maximum Gasteiger partial charge on any atom is 0.335 e. The third-order valence-electron chi connectivity index (χ3n) is 2.71. The average molecular weight is 346 g/mol. The Morgan fingerprint density at radius 3 is 2.74 bits per heavy atom. The quantitative estimate of drug-likeness (QED) is 0.876. The number of hydrogen-bond acceptors (Lipinski definition) is 3. The average Bonchev–Trinajstić information content (AvgIpc) is 2.34. The van der Waals surface area contributed by atoms with Crippen LogP contribution in [0.25, 0.3) is 5.69 Å². The van der Waals surface area contributed by atoms with Crippen molar-refractivity contribution in [3.05, 3.63) is 54.1 Å². The van der Waals surface area contributed by atoms with Crippen molar-refractivity contribution in [3.8, 4) is 11.6 Å². The fourth-order valence-electron chi connectivity index (χ4n) is 1.77. The SMILES string of the molecule is CCc1c(O)n(-c2cccc(Cl)c2Br)c(=O)[nH]c1=O. The Balaban J connectivity index is 2.87. The monoisotopic (exact) mass is 344 g/mol. The molecule has 0 amide bonds. The number of benzene rings is 1. The smallest absolute Gasteiger partial charge is 0.335 e. The van der Waals surface area contributed by atoms with Gasteiger partial charge in [-0.05, 0) is 34.5 Å². The normalized spacial score (nSPS) is 10.7. The van der Waals surface area contributed by atoms with Gasteiger partial charge in [0, 0.05) is 0 Å². The summed E-state index contributed by atoms with van der Waals surface area (Å²) in [5.41, 5.74) is -0.797. The van der Waals surface area contributed by atoms with Crippen molar-refractivity contribution in [2.24, 2.45) is 0 Å². The lowest BCUT2D eigenvalue weighted by Crippen LogP contribution is -2.31. The molecular weight excluding hydrogens is 336 g/mol. The van der Waals surface area contributed by atoms with E-state index in [2.05, 4.69) is 20.9 Å². The summed E-state index contributed by atoms with van der Waals surface area (Å²) in [6.07, 6.45) is 0.305. The van der Waals surface area contributed by atoms with Gasteiger partial charge in [0.1, 0.15) is 0 Å². The van der Waals surface area contributed by atoms with Gasteiger partial charge in [0.05, 0.1) is 20.7 Å². The first-order valence-corrected chi connectivity index (χ1v) is 6.66. The highest BCUT2D eigenvalue weighted by Gasteiger charge is 2.16. The molecular formula is C12H10BrClN2O3. The summed E-state index contributed by atoms with van der Waals surface area (Å²) in [7, 11) is 0. The van der Waals surface area contributed by atoms with Crippen LogP contribution >= 0.6 is 27.5 Å². The topological polar surface area (TPSA) is 75.1 Å². The molecule has 0 spiro atoms. The number of aromatic amines is 1. The Morgan fingerprint density at radius 1 is 1.42 bits per heavy atom. The van der Waals surface area contributed by atoms with Crippen LogP contribution in [0.1, 0.15) is 12.5 Å². The zero-order valence-electron chi connectivity index (χ0n) is 9.91. The number of nitrogens with zero attached hydrogens (tertiary/aromatic N) is 1. The summed E-state index contributed by atoms with van der Waals surface area (Å²) in [6, 6.07) is 4.89. The van der Waals surface area contributed by atoms with Gasteiger partial charge in [-0.15, -0.1) is 0 Å². The standard InChI is InChI=1S/C12H10BrClN2O3/c1-2-6-10(17)15-12(19)16(11(6)18)8-5-3-4-7(14)9(8)13/h3-5,18H,2H2,1H3,(H,15,17,19). The highest BCUT2D eigenvalue weighted by Crippen LogP contribution is 2.30. The van der Waals surface area contributed by atoms with E-state index in [1.807, 2.05) is 0 Å². The number of hydrogen-bond donors (Lipinski definition) is 2. The van der Waals surface area contributed by atoms with E-state index in [1.165, 1.54) is 0 Å². The zero-order valence-corrected chi connectivity index (χ0v) is 12.2. The van der Waals surface area contributed by atoms with E-state index in [1.54, 1.807) is 25.1 Å². The second-order valence-electron chi connectivity index (χ2n) is 3.82. The molecule has 2 rings (SSSR count). The minimum atomic E-state index is -0.720. The minimum Gasteiger partial charge on any atom is -0.494 e. The summed E-state index contributed by atoms with van der Waals surface area (Å²) in [4.78, 5) is 25.6. The molecule has 0 aliphatic carbocycles. The molecule has 0 aliphatic rings. The van der Waals surface area contributed by atoms with E-state index in [9.17, 15) is 14.7 Å². The van der Waals surface area contributed by atoms with Crippen LogP contribution in [0.15, 0.2) is 32.3 Å². The number of aromatic hydroxyl groups is 1. The summed E-state index contributed by atoms with van der Waals surface area (Å²) < 4.78 is 1.47. The highest BCUT2D eigenvalue weighted by molar-refractivity contribution is 9.10. The molecule has 1 heterocycles. The number of nitrogens with one attached hydrogen (secondary N) is 1. The van der Waals surface area contributed by atoms with Gasteiger partial charge in [-0.2, -0.15) is 0 Å². The van der Waals surface area contributed by atoms with Crippen LogP contribution in [-0.2, 0) is 6.42 Å². The van der Waals surface area contributed by atoms with Crippen LogP contribution in [0.5, 0.6) is 5.88 Å². The van der Waals surface area contributed by atoms with Crippen LogP contribution in [-0.4, -0.2) is 14.7 Å². The third-order valence-corrected chi connectivity index (χ3v) is 4.08. The molecule has 0 saturated heterocycles. The Kier molecular flexibility index (Phi) is 3.82. The van der Waals surface area contributed by atoms with E-state index in [0.29, 0.717) is 21.6 Å². The van der Waals surface area contributed by atoms with Gasteiger partial charge >= 0.3 is 5.69 Å². The van der Waals surface area contributed by atoms with Gasteiger partial charge in [-0.1, -0.05) is 24.6 Å².